The first-order chi connectivity index (χ1) is 15.6. The van der Waals surface area contributed by atoms with Gasteiger partial charge in [0, 0.05) is 16.5 Å². The first-order valence-electron chi connectivity index (χ1n) is 11.4. The molecule has 5 N–H and O–H groups in total. The number of likely N-dealkylation sites (tertiary alicyclic amines) is 1. The predicted molar refractivity (Wildman–Crippen MR) is 127 cm³/mol. The fourth-order valence-electron chi connectivity index (χ4n) is 4.68. The number of benzene rings is 1. The van der Waals surface area contributed by atoms with Crippen LogP contribution >= 0.6 is 23.4 Å². The molecule has 2 heterocycles. The molecular weight excluding hydrogens is 468 g/mol. The molecular formula is C23H35ClN2O6S. The van der Waals surface area contributed by atoms with Gasteiger partial charge < -0.3 is 30.5 Å². The van der Waals surface area contributed by atoms with Crippen molar-refractivity contribution in [2.24, 2.45) is 5.92 Å². The van der Waals surface area contributed by atoms with E-state index >= 15 is 0 Å². The molecule has 0 aliphatic carbocycles. The normalized spacial score (nSPS) is 34.7. The van der Waals surface area contributed by atoms with Gasteiger partial charge in [0.15, 0.2) is 0 Å². The summed E-state index contributed by atoms with van der Waals surface area (Å²) in [5.74, 6) is 0.190. The predicted octanol–water partition coefficient (Wildman–Crippen LogP) is 1.23. The zero-order chi connectivity index (χ0) is 24.3. The standard InChI is InChI=1S/C23H35ClN2O6S/c1-4-5-13-10-16(26(3)11-13)22(31)25-17(12(2)27)21-19(29)18(28)20(30)23(32-21)33-15-8-6-14(24)7-9-15/h6-9,12-13,16-21,23,27-30H,4-5,10-11H2,1-3H3,(H,25,31)/t12-,13-,16+,17-,18+,19-,20-,21-,23-/m1/s1. The number of carbonyl (C=O) groups is 1. The third-order valence-corrected chi connectivity index (χ3v) is 7.91. The lowest BCUT2D eigenvalue weighted by molar-refractivity contribution is -0.211. The zero-order valence-electron chi connectivity index (χ0n) is 19.2. The number of nitrogens with zero attached hydrogens (tertiary/aromatic N) is 1. The molecule has 10 heteroatoms. The van der Waals surface area contributed by atoms with Crippen LogP contribution in [0.15, 0.2) is 29.2 Å². The van der Waals surface area contributed by atoms with Crippen molar-refractivity contribution in [2.75, 3.05) is 13.6 Å². The molecule has 0 unspecified atom stereocenters. The van der Waals surface area contributed by atoms with Gasteiger partial charge in [-0.25, -0.2) is 0 Å². The van der Waals surface area contributed by atoms with Crippen LogP contribution in [0.5, 0.6) is 0 Å². The van der Waals surface area contributed by atoms with Crippen LogP contribution in [0.4, 0.5) is 0 Å². The second kappa shape index (κ2) is 11.7. The maximum atomic E-state index is 13.1. The Morgan fingerprint density at radius 1 is 1.24 bits per heavy atom. The Kier molecular flexibility index (Phi) is 9.45. The van der Waals surface area contributed by atoms with Gasteiger partial charge in [-0.3, -0.25) is 9.69 Å². The number of rotatable bonds is 8. The van der Waals surface area contributed by atoms with Crippen molar-refractivity contribution < 1.29 is 30.0 Å². The van der Waals surface area contributed by atoms with E-state index in [0.29, 0.717) is 10.9 Å². The Morgan fingerprint density at radius 3 is 2.52 bits per heavy atom. The molecule has 0 spiro atoms. The molecule has 3 rings (SSSR count). The molecule has 0 aromatic heterocycles. The van der Waals surface area contributed by atoms with E-state index < -0.39 is 42.0 Å². The highest BCUT2D eigenvalue weighted by molar-refractivity contribution is 7.99. The molecule has 0 bridgehead atoms. The summed E-state index contributed by atoms with van der Waals surface area (Å²) in [6, 6.07) is 5.60. The van der Waals surface area contributed by atoms with Crippen molar-refractivity contribution in [1.29, 1.82) is 0 Å². The number of aliphatic hydroxyl groups excluding tert-OH is 4. The maximum absolute atomic E-state index is 13.1. The summed E-state index contributed by atoms with van der Waals surface area (Å²) in [6.45, 7) is 4.45. The number of thioether (sulfide) groups is 1. The average Bonchev–Trinajstić information content (AvgIpc) is 3.14. The number of amides is 1. The molecule has 0 saturated carbocycles. The zero-order valence-corrected chi connectivity index (χ0v) is 20.7. The van der Waals surface area contributed by atoms with Crippen LogP contribution in [-0.2, 0) is 9.53 Å². The van der Waals surface area contributed by atoms with Crippen LogP contribution in [0.3, 0.4) is 0 Å². The van der Waals surface area contributed by atoms with Gasteiger partial charge in [-0.05, 0) is 57.0 Å². The fourth-order valence-corrected chi connectivity index (χ4v) is 5.85. The van der Waals surface area contributed by atoms with Crippen molar-refractivity contribution in [3.05, 3.63) is 29.3 Å². The first kappa shape index (κ1) is 26.7. The molecule has 2 fully saturated rings. The number of ether oxygens (including phenoxy) is 1. The van der Waals surface area contributed by atoms with Gasteiger partial charge in [-0.1, -0.05) is 36.7 Å². The number of aliphatic hydroxyl groups is 4. The van der Waals surface area contributed by atoms with Crippen LogP contribution < -0.4 is 5.32 Å². The van der Waals surface area contributed by atoms with Crippen molar-refractivity contribution in [1.82, 2.24) is 10.2 Å². The number of carbonyl (C=O) groups excluding carboxylic acids is 1. The topological polar surface area (TPSA) is 122 Å². The van der Waals surface area contributed by atoms with Crippen molar-refractivity contribution in [3.63, 3.8) is 0 Å². The second-order valence-corrected chi connectivity index (χ2v) is 10.7. The average molecular weight is 503 g/mol. The molecule has 9 atom stereocenters. The van der Waals surface area contributed by atoms with Gasteiger partial charge in [0.1, 0.15) is 29.9 Å². The van der Waals surface area contributed by atoms with E-state index in [-0.39, 0.29) is 11.9 Å². The molecule has 0 radical (unpaired) electrons. The third-order valence-electron chi connectivity index (χ3n) is 6.49. The lowest BCUT2D eigenvalue weighted by Crippen LogP contribution is -2.65. The van der Waals surface area contributed by atoms with Gasteiger partial charge in [-0.15, -0.1) is 0 Å². The van der Waals surface area contributed by atoms with E-state index in [1.54, 1.807) is 24.3 Å². The maximum Gasteiger partial charge on any atom is 0.237 e. The summed E-state index contributed by atoms with van der Waals surface area (Å²) in [5.41, 5.74) is -0.921. The van der Waals surface area contributed by atoms with E-state index in [1.807, 2.05) is 11.9 Å². The van der Waals surface area contributed by atoms with Gasteiger partial charge in [0.25, 0.3) is 0 Å². The van der Waals surface area contributed by atoms with Crippen LogP contribution in [0.1, 0.15) is 33.1 Å². The monoisotopic (exact) mass is 502 g/mol. The van der Waals surface area contributed by atoms with Gasteiger partial charge >= 0.3 is 0 Å². The minimum absolute atomic E-state index is 0.250. The summed E-state index contributed by atoms with van der Waals surface area (Å²) in [5, 5.41) is 45.5. The van der Waals surface area contributed by atoms with Gasteiger partial charge in [0.05, 0.1) is 18.2 Å². The number of nitrogens with one attached hydrogen (secondary N) is 1. The Morgan fingerprint density at radius 2 is 1.91 bits per heavy atom. The highest BCUT2D eigenvalue weighted by atomic mass is 35.5. The fraction of sp³-hybridized carbons (Fsp3) is 0.696. The summed E-state index contributed by atoms with van der Waals surface area (Å²) in [6.07, 6.45) is -3.70. The highest BCUT2D eigenvalue weighted by Crippen LogP contribution is 2.35. The number of halogens is 1. The smallest absolute Gasteiger partial charge is 0.237 e. The summed E-state index contributed by atoms with van der Waals surface area (Å²) < 4.78 is 5.97. The number of likely N-dealkylation sites (N-methyl/N-ethyl adjacent to an activating group) is 1. The molecule has 2 aliphatic heterocycles. The third kappa shape index (κ3) is 6.41. The molecule has 1 aromatic rings. The van der Waals surface area contributed by atoms with E-state index in [4.69, 9.17) is 16.3 Å². The Balaban J connectivity index is 1.73. The Hall–Kier alpha value is -0.910. The second-order valence-electron chi connectivity index (χ2n) is 9.13. The van der Waals surface area contributed by atoms with E-state index in [1.165, 1.54) is 18.7 Å². The first-order valence-corrected chi connectivity index (χ1v) is 12.7. The van der Waals surface area contributed by atoms with Crippen LogP contribution in [0.2, 0.25) is 5.02 Å². The van der Waals surface area contributed by atoms with E-state index in [0.717, 1.165) is 30.7 Å². The summed E-state index contributed by atoms with van der Waals surface area (Å²) in [4.78, 5) is 15.8. The van der Waals surface area contributed by atoms with Crippen LogP contribution in [-0.4, -0.2) is 92.9 Å². The molecule has 33 heavy (non-hydrogen) atoms. The lowest BCUT2D eigenvalue weighted by Gasteiger charge is -2.44. The Bertz CT molecular complexity index is 785. The molecule has 1 aromatic carbocycles. The van der Waals surface area contributed by atoms with Crippen LogP contribution in [0, 0.1) is 5.92 Å². The summed E-state index contributed by atoms with van der Waals surface area (Å²) >= 11 is 7.10. The molecule has 1 amide bonds. The number of hydrogen-bond acceptors (Lipinski definition) is 8. The van der Waals surface area contributed by atoms with Crippen molar-refractivity contribution >= 4 is 29.3 Å². The molecule has 2 saturated heterocycles. The van der Waals surface area contributed by atoms with Gasteiger partial charge in [0.2, 0.25) is 5.91 Å². The number of hydrogen-bond donors (Lipinski definition) is 5. The minimum Gasteiger partial charge on any atom is -0.391 e. The molecule has 186 valence electrons. The van der Waals surface area contributed by atoms with Crippen molar-refractivity contribution in [2.45, 2.75) is 86.0 Å². The minimum atomic E-state index is -1.50. The highest BCUT2D eigenvalue weighted by Gasteiger charge is 2.49. The SMILES string of the molecule is CCC[C@@H]1C[C@@H](C(=O)N[C@@H]([C@H]2O[C@H](Sc3ccc(Cl)cc3)[C@H](O)[C@@H](O)[C@H]2O)[C@@H](C)O)N(C)C1. The lowest BCUT2D eigenvalue weighted by atomic mass is 9.92. The van der Waals surface area contributed by atoms with Crippen LogP contribution in [0.25, 0.3) is 0 Å². The summed E-state index contributed by atoms with van der Waals surface area (Å²) in [7, 11) is 1.90. The molecule has 8 nitrogen and oxygen atoms in total. The quantitative estimate of drug-likeness (QED) is 0.360. The van der Waals surface area contributed by atoms with E-state index in [2.05, 4.69) is 12.2 Å². The largest absolute Gasteiger partial charge is 0.391 e. The van der Waals surface area contributed by atoms with Gasteiger partial charge in [-0.2, -0.15) is 0 Å². The van der Waals surface area contributed by atoms with E-state index in [9.17, 15) is 25.2 Å². The Labute approximate surface area is 204 Å². The molecule has 2 aliphatic rings. The van der Waals surface area contributed by atoms with Crippen molar-refractivity contribution in [3.8, 4) is 0 Å².